The van der Waals surface area contributed by atoms with Crippen LogP contribution in [0.5, 0.6) is 11.5 Å². The van der Waals surface area contributed by atoms with E-state index in [0.717, 1.165) is 40.4 Å². The lowest BCUT2D eigenvalue weighted by molar-refractivity contribution is 0.478. The van der Waals surface area contributed by atoms with E-state index in [1.54, 1.807) is 6.20 Å². The maximum absolute atomic E-state index is 13.5. The molecule has 4 rings (SSSR count). The van der Waals surface area contributed by atoms with E-state index in [1.165, 1.54) is 17.7 Å². The molecule has 39 heavy (non-hydrogen) atoms. The molecule has 1 N–H and O–H groups in total. The minimum absolute atomic E-state index is 0.244. The number of allylic oxidation sites excluding steroid dienone is 4. The van der Waals surface area contributed by atoms with Crippen LogP contribution >= 0.6 is 0 Å². The second kappa shape index (κ2) is 12.8. The number of hydrogen-bond acceptors (Lipinski definition) is 3. The summed E-state index contributed by atoms with van der Waals surface area (Å²) >= 11 is 0. The Morgan fingerprint density at radius 3 is 2.54 bits per heavy atom. The zero-order chi connectivity index (χ0) is 27.8. The molecular weight excluding hydrogens is 490 g/mol. The van der Waals surface area contributed by atoms with Gasteiger partial charge in [-0.05, 0) is 67.3 Å². The fourth-order valence-electron chi connectivity index (χ4n) is 4.20. The van der Waals surface area contributed by atoms with Gasteiger partial charge in [-0.15, -0.1) is 0 Å². The van der Waals surface area contributed by atoms with Crippen LogP contribution in [0.25, 0.3) is 22.5 Å². The number of nitrogens with zero attached hydrogens (tertiary/aromatic N) is 1. The highest BCUT2D eigenvalue weighted by atomic mass is 19.1. The molecule has 3 nitrogen and oxygen atoms in total. The van der Waals surface area contributed by atoms with E-state index in [1.807, 2.05) is 49.4 Å². The van der Waals surface area contributed by atoms with E-state index < -0.39 is 11.6 Å². The number of halogens is 2. The fourth-order valence-corrected chi connectivity index (χ4v) is 4.20. The molecule has 3 aromatic carbocycles. The van der Waals surface area contributed by atoms with Crippen molar-refractivity contribution in [1.29, 1.82) is 0 Å². The van der Waals surface area contributed by atoms with Gasteiger partial charge in [0, 0.05) is 47.3 Å². The second-order valence-electron chi connectivity index (χ2n) is 9.28. The first-order chi connectivity index (χ1) is 18.8. The highest BCUT2D eigenvalue weighted by molar-refractivity contribution is 5.72. The predicted molar refractivity (Wildman–Crippen MR) is 156 cm³/mol. The highest BCUT2D eigenvalue weighted by Gasteiger charge is 2.11. The van der Waals surface area contributed by atoms with Crippen LogP contribution < -0.4 is 10.1 Å². The van der Waals surface area contributed by atoms with Gasteiger partial charge in [-0.25, -0.2) is 8.78 Å². The Hall–Kier alpha value is -4.51. The molecule has 0 aliphatic heterocycles. The van der Waals surface area contributed by atoms with Gasteiger partial charge in [0.25, 0.3) is 0 Å². The van der Waals surface area contributed by atoms with Crippen molar-refractivity contribution >= 4 is 11.3 Å². The van der Waals surface area contributed by atoms with E-state index in [9.17, 15) is 8.78 Å². The van der Waals surface area contributed by atoms with Crippen molar-refractivity contribution in [1.82, 2.24) is 10.3 Å². The third-order valence-corrected chi connectivity index (χ3v) is 6.33. The Labute approximate surface area is 229 Å². The van der Waals surface area contributed by atoms with E-state index in [4.69, 9.17) is 4.74 Å². The molecule has 0 atom stereocenters. The Kier molecular flexibility index (Phi) is 9.06. The lowest BCUT2D eigenvalue weighted by Crippen LogP contribution is -2.12. The zero-order valence-corrected chi connectivity index (χ0v) is 22.5. The van der Waals surface area contributed by atoms with Crippen molar-refractivity contribution in [2.24, 2.45) is 0 Å². The smallest absolute Gasteiger partial charge is 0.131 e. The summed E-state index contributed by atoms with van der Waals surface area (Å²) in [7, 11) is 0. The summed E-state index contributed by atoms with van der Waals surface area (Å²) in [6.45, 7) is 10.5. The maximum atomic E-state index is 13.5. The van der Waals surface area contributed by atoms with Crippen molar-refractivity contribution in [3.05, 3.63) is 138 Å². The van der Waals surface area contributed by atoms with Gasteiger partial charge in [0.05, 0.1) is 5.69 Å². The summed E-state index contributed by atoms with van der Waals surface area (Å²) in [6.07, 6.45) is 9.07. The van der Waals surface area contributed by atoms with Gasteiger partial charge in [-0.3, -0.25) is 4.98 Å². The predicted octanol–water partition coefficient (Wildman–Crippen LogP) is 9.26. The minimum atomic E-state index is -0.608. The fraction of sp³-hybridized carbons (Fsp3) is 0.147. The molecule has 1 aromatic heterocycles. The first kappa shape index (κ1) is 27.5. The number of ether oxygens (including phenoxy) is 1. The van der Waals surface area contributed by atoms with Gasteiger partial charge in [0.15, 0.2) is 0 Å². The Bertz CT molecular complexity index is 1520. The molecule has 0 fully saturated rings. The standard InChI is InChI=1S/C34H32F2N2O/c1-5-6-7-10-23(2)27-11-8-12-28(19-27)33-21-31(15-16-37-33)39-34-14-9-13-32(24(34)3)25(4)38-22-26-17-29(35)20-30(36)18-26/h6-21,38H,4-5,22H2,1-3H3/b7-6-,23-10+. The van der Waals surface area contributed by atoms with Crippen molar-refractivity contribution in [3.8, 4) is 22.8 Å². The Morgan fingerprint density at radius 1 is 1.00 bits per heavy atom. The van der Waals surface area contributed by atoms with Crippen LogP contribution in [0.3, 0.4) is 0 Å². The average molecular weight is 523 g/mol. The molecule has 1 heterocycles. The van der Waals surface area contributed by atoms with Crippen molar-refractivity contribution in [3.63, 3.8) is 0 Å². The van der Waals surface area contributed by atoms with Crippen LogP contribution in [0.2, 0.25) is 0 Å². The third-order valence-electron chi connectivity index (χ3n) is 6.33. The molecule has 5 heteroatoms. The lowest BCUT2D eigenvalue weighted by Gasteiger charge is -2.16. The van der Waals surface area contributed by atoms with Crippen LogP contribution in [0, 0.1) is 18.6 Å². The molecule has 0 aliphatic rings. The van der Waals surface area contributed by atoms with Crippen LogP contribution in [-0.2, 0) is 6.54 Å². The second-order valence-corrected chi connectivity index (χ2v) is 9.28. The van der Waals surface area contributed by atoms with E-state index in [0.29, 0.717) is 22.8 Å². The Balaban J connectivity index is 1.51. The summed E-state index contributed by atoms with van der Waals surface area (Å²) in [5.74, 6) is 0.128. The monoisotopic (exact) mass is 522 g/mol. The summed E-state index contributed by atoms with van der Waals surface area (Å²) in [4.78, 5) is 4.57. The molecule has 0 aliphatic carbocycles. The van der Waals surface area contributed by atoms with E-state index in [2.05, 4.69) is 61.1 Å². The number of aromatic nitrogens is 1. The van der Waals surface area contributed by atoms with Gasteiger partial charge in [-0.2, -0.15) is 0 Å². The van der Waals surface area contributed by atoms with Crippen molar-refractivity contribution in [2.75, 3.05) is 0 Å². The maximum Gasteiger partial charge on any atom is 0.131 e. The molecule has 0 bridgehead atoms. The quantitative estimate of drug-likeness (QED) is 0.211. The van der Waals surface area contributed by atoms with Crippen LogP contribution in [-0.4, -0.2) is 4.98 Å². The normalized spacial score (nSPS) is 11.6. The zero-order valence-electron chi connectivity index (χ0n) is 22.5. The number of pyridine rings is 1. The Morgan fingerprint density at radius 2 is 1.77 bits per heavy atom. The highest BCUT2D eigenvalue weighted by Crippen LogP contribution is 2.31. The summed E-state index contributed by atoms with van der Waals surface area (Å²) in [6, 6.07) is 21.2. The number of benzene rings is 3. The van der Waals surface area contributed by atoms with E-state index in [-0.39, 0.29) is 6.54 Å². The molecule has 0 unspecified atom stereocenters. The average Bonchev–Trinajstić information content (AvgIpc) is 2.93. The number of rotatable bonds is 10. The molecule has 0 saturated heterocycles. The van der Waals surface area contributed by atoms with Crippen molar-refractivity contribution < 1.29 is 13.5 Å². The lowest BCUT2D eigenvalue weighted by atomic mass is 10.0. The van der Waals surface area contributed by atoms with Crippen LogP contribution in [0.15, 0.2) is 104 Å². The van der Waals surface area contributed by atoms with Crippen molar-refractivity contribution in [2.45, 2.75) is 33.7 Å². The molecule has 0 radical (unpaired) electrons. The molecule has 4 aromatic rings. The SMILES string of the molecule is C=C(NCc1cc(F)cc(F)c1)c1cccc(Oc2ccnc(-c3cccc(/C(C)=C/C=C\CC)c3)c2)c1C. The van der Waals surface area contributed by atoms with Gasteiger partial charge in [0.1, 0.15) is 23.1 Å². The molecule has 198 valence electrons. The third kappa shape index (κ3) is 7.29. The molecule has 0 spiro atoms. The minimum Gasteiger partial charge on any atom is -0.457 e. The number of nitrogens with one attached hydrogen (secondary N) is 1. The topological polar surface area (TPSA) is 34.1 Å². The van der Waals surface area contributed by atoms with Crippen LogP contribution in [0.1, 0.15) is 42.5 Å². The molecule has 0 amide bonds. The molecular formula is C34H32F2N2O. The van der Waals surface area contributed by atoms with Crippen LogP contribution in [0.4, 0.5) is 8.78 Å². The van der Waals surface area contributed by atoms with E-state index >= 15 is 0 Å². The molecule has 0 saturated carbocycles. The number of hydrogen-bond donors (Lipinski definition) is 1. The van der Waals surface area contributed by atoms with Gasteiger partial charge in [-0.1, -0.05) is 62.1 Å². The first-order valence-electron chi connectivity index (χ1n) is 12.9. The van der Waals surface area contributed by atoms with Gasteiger partial charge in [0.2, 0.25) is 0 Å². The largest absolute Gasteiger partial charge is 0.457 e. The summed E-state index contributed by atoms with van der Waals surface area (Å²) < 4.78 is 33.3. The van der Waals surface area contributed by atoms with Gasteiger partial charge < -0.3 is 10.1 Å². The first-order valence-corrected chi connectivity index (χ1v) is 12.9. The van der Waals surface area contributed by atoms with Gasteiger partial charge >= 0.3 is 0 Å². The summed E-state index contributed by atoms with van der Waals surface area (Å²) in [5, 5.41) is 3.16. The summed E-state index contributed by atoms with van der Waals surface area (Å²) in [5.41, 5.74) is 7.00.